The van der Waals surface area contributed by atoms with E-state index in [0.717, 1.165) is 0 Å². The van der Waals surface area contributed by atoms with E-state index in [2.05, 4.69) is 34.9 Å². The van der Waals surface area contributed by atoms with E-state index >= 15 is 0 Å². The zero-order valence-electron chi connectivity index (χ0n) is 18.8. The number of hydrogen-bond acceptors (Lipinski definition) is 4. The van der Waals surface area contributed by atoms with Crippen LogP contribution in [0.1, 0.15) is 49.7 Å². The van der Waals surface area contributed by atoms with Gasteiger partial charge in [0.05, 0.1) is 0 Å². The van der Waals surface area contributed by atoms with Gasteiger partial charge >= 0.3 is 12.1 Å². The summed E-state index contributed by atoms with van der Waals surface area (Å²) in [4.78, 5) is 35.3. The maximum atomic E-state index is 12.3. The Kier molecular flexibility index (Phi) is 6.96. The summed E-state index contributed by atoms with van der Waals surface area (Å²) in [5, 5.41) is 14.5. The molecule has 1 atom stereocenters. The SMILES string of the molecule is CC(CCNC(=O)OCC1c2ccccc2-c2ccccc21)C(=O)NC1CC(CC(=O)O)C1. The number of carbonyl (C=O) groups is 3. The Bertz CT molecular complexity index is 985. The van der Waals surface area contributed by atoms with Gasteiger partial charge in [0, 0.05) is 30.8 Å². The lowest BCUT2D eigenvalue weighted by molar-refractivity contribution is -0.139. The number of carbonyl (C=O) groups excluding carboxylic acids is 2. The van der Waals surface area contributed by atoms with Crippen molar-refractivity contribution in [1.29, 1.82) is 0 Å². The summed E-state index contributed by atoms with van der Waals surface area (Å²) in [6.45, 7) is 2.43. The minimum Gasteiger partial charge on any atom is -0.481 e. The fourth-order valence-corrected chi connectivity index (χ4v) is 4.78. The van der Waals surface area contributed by atoms with Crippen LogP contribution in [0.3, 0.4) is 0 Å². The molecule has 0 heterocycles. The zero-order valence-corrected chi connectivity index (χ0v) is 18.8. The second kappa shape index (κ2) is 10.1. The molecule has 0 radical (unpaired) electrons. The first-order chi connectivity index (χ1) is 15.9. The Morgan fingerprint density at radius 2 is 1.64 bits per heavy atom. The third-order valence-electron chi connectivity index (χ3n) is 6.68. The van der Waals surface area contributed by atoms with Crippen LogP contribution in [0.5, 0.6) is 0 Å². The van der Waals surface area contributed by atoms with Crippen molar-refractivity contribution in [1.82, 2.24) is 10.6 Å². The highest BCUT2D eigenvalue weighted by atomic mass is 16.5. The third kappa shape index (κ3) is 5.35. The Morgan fingerprint density at radius 3 is 2.24 bits per heavy atom. The first kappa shape index (κ1) is 22.8. The summed E-state index contributed by atoms with van der Waals surface area (Å²) < 4.78 is 5.52. The fraction of sp³-hybridized carbons (Fsp3) is 0.423. The molecule has 1 saturated carbocycles. The quantitative estimate of drug-likeness (QED) is 0.537. The second-order valence-corrected chi connectivity index (χ2v) is 9.08. The van der Waals surface area contributed by atoms with Crippen LogP contribution in [0.15, 0.2) is 48.5 Å². The van der Waals surface area contributed by atoms with Crippen molar-refractivity contribution in [3.8, 4) is 11.1 Å². The maximum absolute atomic E-state index is 12.3. The number of ether oxygens (including phenoxy) is 1. The predicted molar refractivity (Wildman–Crippen MR) is 124 cm³/mol. The zero-order chi connectivity index (χ0) is 23.4. The molecule has 0 aliphatic heterocycles. The van der Waals surface area contributed by atoms with E-state index in [0.29, 0.717) is 25.8 Å². The third-order valence-corrected chi connectivity index (χ3v) is 6.68. The average Bonchev–Trinajstić information content (AvgIpc) is 3.09. The van der Waals surface area contributed by atoms with Crippen molar-refractivity contribution >= 4 is 18.0 Å². The lowest BCUT2D eigenvalue weighted by atomic mass is 9.78. The van der Waals surface area contributed by atoms with Gasteiger partial charge in [-0.15, -0.1) is 0 Å². The van der Waals surface area contributed by atoms with Crippen LogP contribution < -0.4 is 10.6 Å². The van der Waals surface area contributed by atoms with Gasteiger partial charge in [0.25, 0.3) is 0 Å². The first-order valence-corrected chi connectivity index (χ1v) is 11.5. The van der Waals surface area contributed by atoms with Gasteiger partial charge in [-0.25, -0.2) is 4.79 Å². The number of alkyl carbamates (subject to hydrolysis) is 1. The molecule has 3 N–H and O–H groups in total. The van der Waals surface area contributed by atoms with E-state index in [4.69, 9.17) is 9.84 Å². The van der Waals surface area contributed by atoms with Gasteiger partial charge < -0.3 is 20.5 Å². The van der Waals surface area contributed by atoms with Crippen LogP contribution in [-0.2, 0) is 14.3 Å². The van der Waals surface area contributed by atoms with Crippen molar-refractivity contribution in [3.05, 3.63) is 59.7 Å². The number of fused-ring (bicyclic) bond motifs is 3. The first-order valence-electron chi connectivity index (χ1n) is 11.5. The number of nitrogens with one attached hydrogen (secondary N) is 2. The van der Waals surface area contributed by atoms with Crippen LogP contribution >= 0.6 is 0 Å². The number of benzene rings is 2. The van der Waals surface area contributed by atoms with Gasteiger partial charge in [-0.3, -0.25) is 9.59 Å². The minimum absolute atomic E-state index is 0.0141. The molecular weight excluding hydrogens is 420 g/mol. The van der Waals surface area contributed by atoms with Crippen LogP contribution in [0.25, 0.3) is 11.1 Å². The number of rotatable bonds is 9. The van der Waals surface area contributed by atoms with E-state index < -0.39 is 12.1 Å². The number of carboxylic acids is 1. The van der Waals surface area contributed by atoms with E-state index in [1.807, 2.05) is 31.2 Å². The van der Waals surface area contributed by atoms with Crippen molar-refractivity contribution in [2.45, 2.75) is 44.6 Å². The number of hydrogen-bond donors (Lipinski definition) is 3. The molecule has 0 aromatic heterocycles. The van der Waals surface area contributed by atoms with Gasteiger partial charge in [-0.2, -0.15) is 0 Å². The maximum Gasteiger partial charge on any atom is 0.407 e. The van der Waals surface area contributed by atoms with Crippen molar-refractivity contribution < 1.29 is 24.2 Å². The summed E-state index contributed by atoms with van der Waals surface area (Å²) in [7, 11) is 0. The Morgan fingerprint density at radius 1 is 1.03 bits per heavy atom. The van der Waals surface area contributed by atoms with Crippen molar-refractivity contribution in [2.75, 3.05) is 13.2 Å². The van der Waals surface area contributed by atoms with Crippen molar-refractivity contribution in [2.24, 2.45) is 11.8 Å². The molecule has 7 heteroatoms. The molecule has 2 aromatic carbocycles. The van der Waals surface area contributed by atoms with Crippen LogP contribution in [-0.4, -0.2) is 42.3 Å². The summed E-state index contributed by atoms with van der Waals surface area (Å²) in [6, 6.07) is 16.4. The monoisotopic (exact) mass is 450 g/mol. The summed E-state index contributed by atoms with van der Waals surface area (Å²) in [5.41, 5.74) is 4.70. The average molecular weight is 451 g/mol. The van der Waals surface area contributed by atoms with E-state index in [1.54, 1.807) is 0 Å². The molecule has 4 rings (SSSR count). The molecular formula is C26H30N2O5. The number of amides is 2. The molecule has 1 unspecified atom stereocenters. The molecule has 0 saturated heterocycles. The van der Waals surface area contributed by atoms with E-state index in [1.165, 1.54) is 22.3 Å². The van der Waals surface area contributed by atoms with Gasteiger partial charge in [-0.1, -0.05) is 55.5 Å². The molecule has 7 nitrogen and oxygen atoms in total. The fourth-order valence-electron chi connectivity index (χ4n) is 4.78. The highest BCUT2D eigenvalue weighted by molar-refractivity contribution is 5.79. The van der Waals surface area contributed by atoms with Crippen LogP contribution in [0.2, 0.25) is 0 Å². The number of aliphatic carboxylic acids is 1. The Labute approximate surface area is 193 Å². The molecule has 0 spiro atoms. The molecule has 1 fully saturated rings. The normalized spacial score (nSPS) is 19.5. The minimum atomic E-state index is -0.794. The lowest BCUT2D eigenvalue weighted by Crippen LogP contribution is -2.46. The molecule has 2 aromatic rings. The molecule has 2 aliphatic rings. The van der Waals surface area contributed by atoms with E-state index in [9.17, 15) is 14.4 Å². The predicted octanol–water partition coefficient (Wildman–Crippen LogP) is 3.92. The Hall–Kier alpha value is -3.35. The topological polar surface area (TPSA) is 105 Å². The highest BCUT2D eigenvalue weighted by Crippen LogP contribution is 2.44. The van der Waals surface area contributed by atoms with E-state index in [-0.39, 0.29) is 42.7 Å². The van der Waals surface area contributed by atoms with Crippen molar-refractivity contribution in [3.63, 3.8) is 0 Å². The highest BCUT2D eigenvalue weighted by Gasteiger charge is 2.32. The molecule has 2 aliphatic carbocycles. The second-order valence-electron chi connectivity index (χ2n) is 9.08. The van der Waals surface area contributed by atoms with Gasteiger partial charge in [0.15, 0.2) is 0 Å². The molecule has 174 valence electrons. The summed E-state index contributed by atoms with van der Waals surface area (Å²) in [6.07, 6.45) is 1.60. The summed E-state index contributed by atoms with van der Waals surface area (Å²) in [5.74, 6) is -0.948. The van der Waals surface area contributed by atoms with Gasteiger partial charge in [-0.05, 0) is 47.4 Å². The standard InChI is InChI=1S/C26H30N2O5/c1-16(25(31)28-18-12-17(13-18)14-24(29)30)10-11-27-26(32)33-15-23-21-8-4-2-6-19(21)20-7-3-5-9-22(20)23/h2-9,16-18,23H,10-15H2,1H3,(H,27,32)(H,28,31)(H,29,30). The van der Waals surface area contributed by atoms with Crippen LogP contribution in [0, 0.1) is 11.8 Å². The Balaban J connectivity index is 1.18. The smallest absolute Gasteiger partial charge is 0.407 e. The molecule has 0 bridgehead atoms. The molecule has 33 heavy (non-hydrogen) atoms. The largest absolute Gasteiger partial charge is 0.481 e. The van der Waals surface area contributed by atoms with Gasteiger partial charge in [0.1, 0.15) is 6.61 Å². The van der Waals surface area contributed by atoms with Gasteiger partial charge in [0.2, 0.25) is 5.91 Å². The lowest BCUT2D eigenvalue weighted by Gasteiger charge is -2.35. The molecule has 2 amide bonds. The summed E-state index contributed by atoms with van der Waals surface area (Å²) >= 11 is 0. The van der Waals surface area contributed by atoms with Crippen LogP contribution in [0.4, 0.5) is 4.79 Å². The number of carboxylic acid groups (broad SMARTS) is 1.